The molecule has 0 N–H and O–H groups in total. The van der Waals surface area contributed by atoms with Gasteiger partial charge >= 0.3 is 39.6 Å². The summed E-state index contributed by atoms with van der Waals surface area (Å²) in [5.41, 5.74) is 2.46. The first-order chi connectivity index (χ1) is 13.5. The fraction of sp³-hybridized carbons (Fsp3) is 0.0870. The minimum atomic E-state index is -0.292. The molecule has 2 aliphatic heterocycles. The van der Waals surface area contributed by atoms with Gasteiger partial charge in [0, 0.05) is 11.1 Å². The number of esters is 2. The maximum absolute atomic E-state index is 11.8. The van der Waals surface area contributed by atoms with Crippen LogP contribution in [-0.2, 0) is 58.7 Å². The zero-order chi connectivity index (χ0) is 20.4. The second kappa shape index (κ2) is 14.7. The third-order valence-corrected chi connectivity index (χ3v) is 3.58. The van der Waals surface area contributed by atoms with E-state index >= 15 is 0 Å². The minimum Gasteiger partial charge on any atom is -0.633 e. The summed E-state index contributed by atoms with van der Waals surface area (Å²) < 4.78 is 8.80. The quantitative estimate of drug-likeness (QED) is 0.224. The molecule has 2 heterocycles. The Labute approximate surface area is 202 Å². The van der Waals surface area contributed by atoms with Crippen molar-refractivity contribution in [1.29, 1.82) is 0 Å². The van der Waals surface area contributed by atoms with E-state index in [9.17, 15) is 14.4 Å². The van der Waals surface area contributed by atoms with Crippen LogP contribution in [0.2, 0.25) is 0 Å². The molecular formula is C23H18O5VW. The van der Waals surface area contributed by atoms with Gasteiger partial charge in [-0.25, -0.2) is 9.59 Å². The summed E-state index contributed by atoms with van der Waals surface area (Å²) in [6.45, 7) is 9.76. The van der Waals surface area contributed by atoms with Gasteiger partial charge in [-0.1, -0.05) is 24.3 Å². The van der Waals surface area contributed by atoms with Crippen LogP contribution in [0.5, 0.6) is 0 Å². The van der Waals surface area contributed by atoms with Crippen molar-refractivity contribution in [3.63, 3.8) is 0 Å². The molecule has 5 nitrogen and oxygen atoms in total. The van der Waals surface area contributed by atoms with Gasteiger partial charge in [0.05, 0.1) is 0 Å². The molecule has 0 aromatic heterocycles. The molecule has 0 atom stereocenters. The van der Waals surface area contributed by atoms with Gasteiger partial charge in [-0.2, -0.15) is 73.9 Å². The first kappa shape index (κ1) is 27.8. The van der Waals surface area contributed by atoms with Crippen molar-refractivity contribution in [3.05, 3.63) is 109 Å². The zero-order valence-corrected chi connectivity index (χ0v) is 20.3. The van der Waals surface area contributed by atoms with E-state index in [0.717, 1.165) is 0 Å². The summed E-state index contributed by atoms with van der Waals surface area (Å²) in [5, 5.41) is 0. The Morgan fingerprint density at radius 1 is 0.800 bits per heavy atom. The number of carbonyl (C=O) groups is 3. The second-order valence-corrected chi connectivity index (χ2v) is 5.67. The van der Waals surface area contributed by atoms with E-state index in [1.165, 1.54) is 13.2 Å². The summed E-state index contributed by atoms with van der Waals surface area (Å²) in [7, 11) is 0. The summed E-state index contributed by atoms with van der Waals surface area (Å²) in [6.07, 6.45) is 1.16. The average molecular weight is 609 g/mol. The Kier molecular flexibility index (Phi) is 13.7. The minimum absolute atomic E-state index is 0. The van der Waals surface area contributed by atoms with E-state index < -0.39 is 0 Å². The molecule has 1 radical (unpaired) electrons. The third-order valence-electron chi connectivity index (χ3n) is 3.58. The number of hydrogen-bond donors (Lipinski definition) is 0. The fourth-order valence-corrected chi connectivity index (χ4v) is 2.01. The van der Waals surface area contributed by atoms with Crippen molar-refractivity contribution in [2.24, 2.45) is 0 Å². The van der Waals surface area contributed by atoms with Crippen molar-refractivity contribution >= 4 is 17.7 Å². The largest absolute Gasteiger partial charge is 2.00 e. The topological polar surface area (TPSA) is 69.7 Å². The van der Waals surface area contributed by atoms with Gasteiger partial charge in [0.25, 0.3) is 11.9 Å². The number of ether oxygens (including phenoxy) is 2. The van der Waals surface area contributed by atoms with Gasteiger partial charge < -0.3 is 9.47 Å². The van der Waals surface area contributed by atoms with Crippen molar-refractivity contribution in [2.45, 2.75) is 12.8 Å². The monoisotopic (exact) mass is 609 g/mol. The summed E-state index contributed by atoms with van der Waals surface area (Å²) in [4.78, 5) is 32.3. The van der Waals surface area contributed by atoms with E-state index in [0.29, 0.717) is 35.1 Å². The fourth-order valence-electron chi connectivity index (χ4n) is 2.01. The predicted molar refractivity (Wildman–Crippen MR) is 102 cm³/mol. The van der Waals surface area contributed by atoms with Crippen LogP contribution in [0.3, 0.4) is 0 Å². The SMILES string of the molecule is C=C1C[CH-]OC1=O.C=C1C[CH-]OC1=O.O=C(c1cc[c-]cc1)c1cc[c-]cc1.[V+2].[W+2]. The van der Waals surface area contributed by atoms with Gasteiger partial charge in [0.15, 0.2) is 0 Å². The molecular weight excluding hydrogens is 591 g/mol. The third kappa shape index (κ3) is 9.08. The Morgan fingerprint density at radius 3 is 1.33 bits per heavy atom. The summed E-state index contributed by atoms with van der Waals surface area (Å²) >= 11 is 0. The first-order valence-electron chi connectivity index (χ1n) is 8.37. The van der Waals surface area contributed by atoms with Gasteiger partial charge in [-0.15, -0.1) is 12.8 Å². The molecule has 2 aromatic rings. The Balaban J connectivity index is 0.000000448. The summed E-state index contributed by atoms with van der Waals surface area (Å²) in [6, 6.07) is 19.8. The van der Waals surface area contributed by atoms with Crippen LogP contribution in [0.1, 0.15) is 28.8 Å². The molecule has 0 bridgehead atoms. The van der Waals surface area contributed by atoms with Gasteiger partial charge in [-0.05, 0) is 0 Å². The number of carbonyl (C=O) groups excluding carboxylic acids is 3. The molecule has 2 fully saturated rings. The molecule has 0 aliphatic carbocycles. The first-order valence-corrected chi connectivity index (χ1v) is 8.37. The maximum Gasteiger partial charge on any atom is 2.00 e. The van der Waals surface area contributed by atoms with Crippen LogP contribution in [-0.4, -0.2) is 17.7 Å². The molecule has 7 heteroatoms. The van der Waals surface area contributed by atoms with Crippen molar-refractivity contribution in [3.8, 4) is 0 Å². The van der Waals surface area contributed by atoms with Gasteiger partial charge in [0.1, 0.15) is 5.78 Å². The Morgan fingerprint density at radius 2 is 1.13 bits per heavy atom. The van der Waals surface area contributed by atoms with Crippen LogP contribution in [0.15, 0.2) is 72.8 Å². The molecule has 0 saturated carbocycles. The molecule has 0 amide bonds. The van der Waals surface area contributed by atoms with E-state index in [-0.39, 0.29) is 57.3 Å². The van der Waals surface area contributed by atoms with Crippen LogP contribution >= 0.6 is 0 Å². The molecule has 0 unspecified atom stereocenters. The molecule has 0 spiro atoms. The smallest absolute Gasteiger partial charge is 0.633 e. The molecule has 2 aliphatic rings. The van der Waals surface area contributed by atoms with Crippen molar-refractivity contribution < 1.29 is 63.5 Å². The number of cyclic esters (lactones) is 2. The molecule has 30 heavy (non-hydrogen) atoms. The van der Waals surface area contributed by atoms with Gasteiger partial charge in [0.2, 0.25) is 0 Å². The van der Waals surface area contributed by atoms with E-state index in [4.69, 9.17) is 0 Å². The Bertz CT molecular complexity index is 766. The Hall–Kier alpha value is -2.20. The van der Waals surface area contributed by atoms with E-state index in [1.54, 1.807) is 48.5 Å². The number of hydrogen-bond acceptors (Lipinski definition) is 5. The second-order valence-electron chi connectivity index (χ2n) is 5.67. The van der Waals surface area contributed by atoms with E-state index in [1.807, 2.05) is 0 Å². The number of benzene rings is 2. The molecule has 2 aromatic carbocycles. The van der Waals surface area contributed by atoms with Crippen LogP contribution in [0, 0.1) is 25.3 Å². The van der Waals surface area contributed by atoms with Crippen molar-refractivity contribution in [1.82, 2.24) is 0 Å². The van der Waals surface area contributed by atoms with E-state index in [2.05, 4.69) is 34.8 Å². The van der Waals surface area contributed by atoms with Gasteiger partial charge in [-0.3, -0.25) is 4.79 Å². The summed E-state index contributed by atoms with van der Waals surface area (Å²) in [5.74, 6) is -0.548. The van der Waals surface area contributed by atoms with Crippen molar-refractivity contribution in [2.75, 3.05) is 0 Å². The zero-order valence-electron chi connectivity index (χ0n) is 16.0. The van der Waals surface area contributed by atoms with Crippen LogP contribution in [0.4, 0.5) is 0 Å². The maximum atomic E-state index is 11.8. The van der Waals surface area contributed by atoms with Crippen LogP contribution in [0.25, 0.3) is 0 Å². The number of ketones is 1. The normalized spacial score (nSPS) is 13.9. The molecule has 151 valence electrons. The predicted octanol–water partition coefficient (Wildman–Crippen LogP) is 3.82. The average Bonchev–Trinajstić information content (AvgIpc) is 3.30. The standard InChI is InChI=1S/C13H8O.2C5H5O2.V.W/c14-13(11-7-3-1-4-8-11)12-9-5-2-6-10-12;2*1-4-2-3-7-5(4)6;;/h3-10H;2*3H,1-2H2;;/q-2;2*-1;2*+2. The number of rotatable bonds is 2. The van der Waals surface area contributed by atoms with Crippen LogP contribution < -0.4 is 0 Å². The molecule has 4 rings (SSSR count). The molecule has 2 saturated heterocycles.